The van der Waals surface area contributed by atoms with E-state index in [0.717, 1.165) is 18.2 Å². The van der Waals surface area contributed by atoms with Crippen molar-refractivity contribution >= 4 is 0 Å². The molecule has 128 valence electrons. The second-order valence-electron chi connectivity index (χ2n) is 5.24. The van der Waals surface area contributed by atoms with E-state index in [-0.39, 0.29) is 11.5 Å². The second kappa shape index (κ2) is 6.58. The van der Waals surface area contributed by atoms with Gasteiger partial charge in [0.05, 0.1) is 11.3 Å². The summed E-state index contributed by atoms with van der Waals surface area (Å²) in [6, 6.07) is 13.8. The third-order valence-electron chi connectivity index (χ3n) is 3.51. The van der Waals surface area contributed by atoms with Crippen LogP contribution in [0.3, 0.4) is 0 Å². The Morgan fingerprint density at radius 3 is 1.96 bits per heavy atom. The Labute approximate surface area is 140 Å². The molecule has 25 heavy (non-hydrogen) atoms. The Balaban J connectivity index is 2.08. The number of hydrogen-bond donors (Lipinski definition) is 0. The summed E-state index contributed by atoms with van der Waals surface area (Å²) >= 11 is 0. The van der Waals surface area contributed by atoms with Crippen LogP contribution in [0.2, 0.25) is 0 Å². The van der Waals surface area contributed by atoms with E-state index in [1.165, 1.54) is 12.1 Å². The predicted octanol–water partition coefficient (Wildman–Crippen LogP) is 5.77. The van der Waals surface area contributed by atoms with Crippen LogP contribution in [0.25, 0.3) is 22.6 Å². The Morgan fingerprint density at radius 2 is 1.40 bits per heavy atom. The number of benzene rings is 2. The first-order valence-electron chi connectivity index (χ1n) is 7.25. The molecule has 1 aromatic heterocycles. The maximum absolute atomic E-state index is 13.1. The Hall–Kier alpha value is -2.83. The third kappa shape index (κ3) is 3.81. The molecule has 0 amide bonds. The summed E-state index contributed by atoms with van der Waals surface area (Å²) < 4.78 is 64.2. The fraction of sp³-hybridized carbons (Fsp3) is 0.111. The maximum atomic E-state index is 13.1. The van der Waals surface area contributed by atoms with Crippen LogP contribution in [0.1, 0.15) is 17.7 Å². The van der Waals surface area contributed by atoms with Crippen molar-refractivity contribution in [3.05, 3.63) is 71.9 Å². The zero-order valence-electron chi connectivity index (χ0n) is 12.6. The predicted molar refractivity (Wildman–Crippen MR) is 82.9 cm³/mol. The molecule has 0 fully saturated rings. The SMILES string of the molecule is FC(F)c1cc(-c2ccc(C(F)(F)F)cc2)nc(-c2ccccc2)n1. The first kappa shape index (κ1) is 17.0. The van der Waals surface area contributed by atoms with E-state index in [1.807, 2.05) is 0 Å². The molecule has 7 heteroatoms. The summed E-state index contributed by atoms with van der Waals surface area (Å²) in [5, 5.41) is 0. The van der Waals surface area contributed by atoms with Crippen LogP contribution in [0, 0.1) is 0 Å². The number of rotatable bonds is 3. The van der Waals surface area contributed by atoms with Gasteiger partial charge in [0.15, 0.2) is 5.82 Å². The minimum absolute atomic E-state index is 0.0910. The molecule has 0 saturated carbocycles. The first-order chi connectivity index (χ1) is 11.8. The lowest BCUT2D eigenvalue weighted by molar-refractivity contribution is -0.137. The summed E-state index contributed by atoms with van der Waals surface area (Å²) in [5.41, 5.74) is -0.322. The Morgan fingerprint density at radius 1 is 0.760 bits per heavy atom. The van der Waals surface area contributed by atoms with E-state index in [9.17, 15) is 22.0 Å². The van der Waals surface area contributed by atoms with Gasteiger partial charge in [0.2, 0.25) is 0 Å². The molecular formula is C18H11F5N2. The molecule has 3 rings (SSSR count). The molecule has 3 aromatic rings. The summed E-state index contributed by atoms with van der Waals surface area (Å²) in [7, 11) is 0. The van der Waals surface area contributed by atoms with Gasteiger partial charge in [-0.1, -0.05) is 42.5 Å². The van der Waals surface area contributed by atoms with Gasteiger partial charge in [0.25, 0.3) is 6.43 Å². The Bertz CT molecular complexity index is 859. The van der Waals surface area contributed by atoms with Gasteiger partial charge in [-0.2, -0.15) is 13.2 Å². The van der Waals surface area contributed by atoms with Gasteiger partial charge in [-0.15, -0.1) is 0 Å². The van der Waals surface area contributed by atoms with Crippen molar-refractivity contribution in [2.75, 3.05) is 0 Å². The zero-order valence-corrected chi connectivity index (χ0v) is 12.6. The van der Waals surface area contributed by atoms with Crippen molar-refractivity contribution < 1.29 is 22.0 Å². The van der Waals surface area contributed by atoms with Crippen LogP contribution in [0.4, 0.5) is 22.0 Å². The highest BCUT2D eigenvalue weighted by Crippen LogP contribution is 2.32. The van der Waals surface area contributed by atoms with Crippen LogP contribution in [0.5, 0.6) is 0 Å². The first-order valence-corrected chi connectivity index (χ1v) is 7.25. The van der Waals surface area contributed by atoms with Crippen molar-refractivity contribution in [2.24, 2.45) is 0 Å². The molecule has 0 bridgehead atoms. The number of halogens is 5. The van der Waals surface area contributed by atoms with E-state index < -0.39 is 23.9 Å². The molecule has 0 aliphatic heterocycles. The number of alkyl halides is 5. The molecule has 0 spiro atoms. The number of aromatic nitrogens is 2. The summed E-state index contributed by atoms with van der Waals surface area (Å²) in [4.78, 5) is 8.07. The highest BCUT2D eigenvalue weighted by molar-refractivity contribution is 5.64. The number of hydrogen-bond acceptors (Lipinski definition) is 2. The number of nitrogens with zero attached hydrogens (tertiary/aromatic N) is 2. The van der Waals surface area contributed by atoms with Crippen LogP contribution in [-0.4, -0.2) is 9.97 Å². The lowest BCUT2D eigenvalue weighted by Crippen LogP contribution is -2.04. The molecule has 0 aliphatic carbocycles. The smallest absolute Gasteiger partial charge is 0.228 e. The summed E-state index contributed by atoms with van der Waals surface area (Å²) in [6.45, 7) is 0. The molecule has 0 saturated heterocycles. The van der Waals surface area contributed by atoms with Gasteiger partial charge in [-0.05, 0) is 18.2 Å². The highest BCUT2D eigenvalue weighted by Gasteiger charge is 2.30. The molecule has 0 radical (unpaired) electrons. The van der Waals surface area contributed by atoms with Crippen LogP contribution >= 0.6 is 0 Å². The minimum Gasteiger partial charge on any atom is -0.228 e. The van der Waals surface area contributed by atoms with E-state index in [1.54, 1.807) is 30.3 Å². The van der Waals surface area contributed by atoms with Crippen LogP contribution < -0.4 is 0 Å². The van der Waals surface area contributed by atoms with Gasteiger partial charge in [-0.25, -0.2) is 18.7 Å². The fourth-order valence-electron chi connectivity index (χ4n) is 2.27. The molecule has 0 aliphatic rings. The topological polar surface area (TPSA) is 25.8 Å². The summed E-state index contributed by atoms with van der Waals surface area (Å²) in [5.74, 6) is 0.0910. The fourth-order valence-corrected chi connectivity index (χ4v) is 2.27. The van der Waals surface area contributed by atoms with Gasteiger partial charge >= 0.3 is 6.18 Å². The average Bonchev–Trinajstić information content (AvgIpc) is 2.61. The molecule has 0 N–H and O–H groups in total. The van der Waals surface area contributed by atoms with Gasteiger partial charge in [0.1, 0.15) is 5.69 Å². The van der Waals surface area contributed by atoms with E-state index in [0.29, 0.717) is 11.1 Å². The van der Waals surface area contributed by atoms with E-state index >= 15 is 0 Å². The molecule has 0 atom stereocenters. The molecule has 1 heterocycles. The van der Waals surface area contributed by atoms with Crippen molar-refractivity contribution in [1.29, 1.82) is 0 Å². The van der Waals surface area contributed by atoms with Crippen molar-refractivity contribution in [3.8, 4) is 22.6 Å². The van der Waals surface area contributed by atoms with Crippen LogP contribution in [0.15, 0.2) is 60.7 Å². The lowest BCUT2D eigenvalue weighted by atomic mass is 10.1. The second-order valence-corrected chi connectivity index (χ2v) is 5.24. The lowest BCUT2D eigenvalue weighted by Gasteiger charge is -2.10. The van der Waals surface area contributed by atoms with Crippen LogP contribution in [-0.2, 0) is 6.18 Å². The molecular weight excluding hydrogens is 339 g/mol. The largest absolute Gasteiger partial charge is 0.416 e. The highest BCUT2D eigenvalue weighted by atomic mass is 19.4. The normalized spacial score (nSPS) is 11.8. The van der Waals surface area contributed by atoms with Gasteiger partial charge in [0, 0.05) is 11.1 Å². The minimum atomic E-state index is -4.46. The standard InChI is InChI=1S/C18H11F5N2/c19-16(20)15-10-14(11-6-8-13(9-7-11)18(21,22)23)24-17(25-15)12-4-2-1-3-5-12/h1-10,16H. The maximum Gasteiger partial charge on any atom is 0.416 e. The molecule has 2 aromatic carbocycles. The van der Waals surface area contributed by atoms with E-state index in [4.69, 9.17) is 0 Å². The Kier molecular flexibility index (Phi) is 4.48. The van der Waals surface area contributed by atoms with E-state index in [2.05, 4.69) is 9.97 Å². The zero-order chi connectivity index (χ0) is 18.0. The van der Waals surface area contributed by atoms with Gasteiger partial charge in [-0.3, -0.25) is 0 Å². The molecule has 2 nitrogen and oxygen atoms in total. The summed E-state index contributed by atoms with van der Waals surface area (Å²) in [6.07, 6.45) is -7.29. The average molecular weight is 350 g/mol. The van der Waals surface area contributed by atoms with Crippen molar-refractivity contribution in [3.63, 3.8) is 0 Å². The third-order valence-corrected chi connectivity index (χ3v) is 3.51. The monoisotopic (exact) mass is 350 g/mol. The van der Waals surface area contributed by atoms with Crippen molar-refractivity contribution in [1.82, 2.24) is 9.97 Å². The quantitative estimate of drug-likeness (QED) is 0.561. The van der Waals surface area contributed by atoms with Crippen molar-refractivity contribution in [2.45, 2.75) is 12.6 Å². The molecule has 0 unspecified atom stereocenters. The van der Waals surface area contributed by atoms with Gasteiger partial charge < -0.3 is 0 Å².